The van der Waals surface area contributed by atoms with E-state index in [1.165, 1.54) is 0 Å². The molecule has 3 saturated heterocycles. The van der Waals surface area contributed by atoms with E-state index >= 15 is 0 Å². The second-order valence-corrected chi connectivity index (χ2v) is 11.2. The first kappa shape index (κ1) is 29.4. The Bertz CT molecular complexity index is 878. The van der Waals surface area contributed by atoms with E-state index in [9.17, 15) is 19.5 Å². The lowest BCUT2D eigenvalue weighted by molar-refractivity contribution is -0.154. The summed E-state index contributed by atoms with van der Waals surface area (Å²) in [4.78, 5) is 47.7. The number of amides is 3. The summed E-state index contributed by atoms with van der Waals surface area (Å²) < 4.78 is 6.76. The lowest BCUT2D eigenvalue weighted by Gasteiger charge is -2.39. The highest BCUT2D eigenvalue weighted by atomic mass is 16.5. The fraction of sp³-hybridized carbons (Fsp3) is 0.759. The number of fused-ring (bicyclic) bond motifs is 1. The van der Waals surface area contributed by atoms with E-state index in [1.54, 1.807) is 22.0 Å². The molecule has 3 unspecified atom stereocenters. The molecule has 1 N–H and O–H groups in total. The van der Waals surface area contributed by atoms with Gasteiger partial charge in [0.2, 0.25) is 17.7 Å². The van der Waals surface area contributed by atoms with Crippen LogP contribution in [0.1, 0.15) is 72.6 Å². The van der Waals surface area contributed by atoms with Crippen molar-refractivity contribution in [3.8, 4) is 0 Å². The van der Waals surface area contributed by atoms with Gasteiger partial charge in [0.25, 0.3) is 0 Å². The van der Waals surface area contributed by atoms with Gasteiger partial charge in [0.05, 0.1) is 17.4 Å². The van der Waals surface area contributed by atoms with Crippen molar-refractivity contribution < 1.29 is 24.2 Å². The first-order chi connectivity index (χ1) is 17.7. The number of likely N-dealkylation sites (tertiary alicyclic amines) is 1. The van der Waals surface area contributed by atoms with Crippen molar-refractivity contribution in [2.45, 2.75) is 95.9 Å². The Morgan fingerprint density at radius 2 is 1.86 bits per heavy atom. The summed E-state index contributed by atoms with van der Waals surface area (Å²) in [5.41, 5.74) is -1.82. The number of carbonyl (C=O) groups is 3. The molecule has 0 saturated carbocycles. The Balaban J connectivity index is 2.06. The van der Waals surface area contributed by atoms with Crippen LogP contribution in [-0.2, 0) is 19.1 Å². The number of hydrogen-bond acceptors (Lipinski definition) is 5. The van der Waals surface area contributed by atoms with Gasteiger partial charge in [-0.25, -0.2) is 0 Å². The van der Waals surface area contributed by atoms with E-state index < -0.39 is 29.1 Å². The summed E-state index contributed by atoms with van der Waals surface area (Å²) in [6.07, 6.45) is 8.32. The van der Waals surface area contributed by atoms with Gasteiger partial charge in [0.15, 0.2) is 0 Å². The molecule has 3 rings (SSSR count). The molecule has 0 aromatic heterocycles. The Morgan fingerprint density at radius 1 is 1.16 bits per heavy atom. The van der Waals surface area contributed by atoms with Crippen molar-refractivity contribution in [1.29, 1.82) is 0 Å². The molecule has 8 heteroatoms. The predicted octanol–water partition coefficient (Wildman–Crippen LogP) is 3.15. The highest BCUT2D eigenvalue weighted by molar-refractivity contribution is 5.99. The van der Waals surface area contributed by atoms with Crippen molar-refractivity contribution >= 4 is 17.7 Å². The molecule has 3 heterocycles. The van der Waals surface area contributed by atoms with Crippen LogP contribution < -0.4 is 0 Å². The van der Waals surface area contributed by atoms with Gasteiger partial charge in [-0.05, 0) is 52.4 Å². The minimum Gasteiger partial charge on any atom is -0.396 e. The number of unbranched alkanes of at least 4 members (excludes halogenated alkanes) is 1. The number of nitrogens with zero attached hydrogens (tertiary/aromatic N) is 3. The van der Waals surface area contributed by atoms with E-state index in [0.717, 1.165) is 19.3 Å². The normalized spacial score (nSPS) is 30.8. The SMILES string of the molecule is C=CCN(CCC)C(=O)[C@@H]1[C@H]2C(=O)N(CCCCO)C(C(=O)N(CC=C)C(C)CCC)C23CC[C@@]1(C)O3. The quantitative estimate of drug-likeness (QED) is 0.266. The number of aliphatic hydroxyl groups is 1. The summed E-state index contributed by atoms with van der Waals surface area (Å²) in [7, 11) is 0. The molecule has 2 bridgehead atoms. The lowest BCUT2D eigenvalue weighted by atomic mass is 9.66. The topological polar surface area (TPSA) is 90.4 Å². The van der Waals surface area contributed by atoms with E-state index in [2.05, 4.69) is 20.1 Å². The molecule has 1 spiro atoms. The van der Waals surface area contributed by atoms with Gasteiger partial charge in [-0.3, -0.25) is 14.4 Å². The van der Waals surface area contributed by atoms with Crippen LogP contribution in [0.4, 0.5) is 0 Å². The summed E-state index contributed by atoms with van der Waals surface area (Å²) in [6.45, 7) is 17.5. The number of hydrogen-bond donors (Lipinski definition) is 1. The number of rotatable bonds is 15. The van der Waals surface area contributed by atoms with Crippen LogP contribution in [0, 0.1) is 11.8 Å². The number of carbonyl (C=O) groups excluding carboxylic acids is 3. The van der Waals surface area contributed by atoms with Gasteiger partial charge in [0, 0.05) is 38.8 Å². The van der Waals surface area contributed by atoms with Gasteiger partial charge in [-0.2, -0.15) is 0 Å². The Labute approximate surface area is 222 Å². The van der Waals surface area contributed by atoms with Crippen LogP contribution in [0.3, 0.4) is 0 Å². The Hall–Kier alpha value is -2.19. The van der Waals surface area contributed by atoms with E-state index in [1.807, 2.05) is 25.7 Å². The zero-order chi connectivity index (χ0) is 27.4. The minimum atomic E-state index is -1.03. The molecule has 3 fully saturated rings. The standard InChI is InChI=1S/C29H47N3O5/c1-7-13-21(5)31(18-10-4)27(36)24-29-15-14-28(6,37-29)22(25(34)30(16-8-2)17-9-3)23(29)26(35)32(24)19-11-12-20-33/h8,10,21-24,33H,2,4,7,9,11-20H2,1,3,5-6H3/t21?,22-,23-,24?,28+,29?/m0/s1. The van der Waals surface area contributed by atoms with E-state index in [4.69, 9.17) is 4.74 Å². The third-order valence-electron chi connectivity index (χ3n) is 8.59. The summed E-state index contributed by atoms with van der Waals surface area (Å²) in [5.74, 6) is -1.73. The highest BCUT2D eigenvalue weighted by Crippen LogP contribution is 2.63. The Morgan fingerprint density at radius 3 is 2.46 bits per heavy atom. The van der Waals surface area contributed by atoms with E-state index in [-0.39, 0.29) is 30.4 Å². The van der Waals surface area contributed by atoms with Crippen LogP contribution >= 0.6 is 0 Å². The van der Waals surface area contributed by atoms with Gasteiger partial charge >= 0.3 is 0 Å². The molecule has 3 aliphatic heterocycles. The first-order valence-corrected chi connectivity index (χ1v) is 14.1. The van der Waals surface area contributed by atoms with Gasteiger partial charge < -0.3 is 24.5 Å². The van der Waals surface area contributed by atoms with Crippen molar-refractivity contribution in [2.24, 2.45) is 11.8 Å². The molecule has 37 heavy (non-hydrogen) atoms. The summed E-state index contributed by atoms with van der Waals surface area (Å²) in [6, 6.07) is -0.804. The van der Waals surface area contributed by atoms with Crippen molar-refractivity contribution in [3.63, 3.8) is 0 Å². The molecule has 0 aromatic rings. The van der Waals surface area contributed by atoms with Gasteiger partial charge in [0.1, 0.15) is 11.6 Å². The molecule has 0 radical (unpaired) electrons. The third-order valence-corrected chi connectivity index (χ3v) is 8.59. The van der Waals surface area contributed by atoms with Gasteiger partial charge in [-0.15, -0.1) is 13.2 Å². The molecular formula is C29H47N3O5. The molecule has 8 nitrogen and oxygen atoms in total. The van der Waals surface area contributed by atoms with Crippen LogP contribution in [0.2, 0.25) is 0 Å². The number of aliphatic hydroxyl groups excluding tert-OH is 1. The monoisotopic (exact) mass is 517 g/mol. The third kappa shape index (κ3) is 5.11. The van der Waals surface area contributed by atoms with Crippen LogP contribution in [0.5, 0.6) is 0 Å². The Kier molecular flexibility index (Phi) is 9.62. The second kappa shape index (κ2) is 12.1. The van der Waals surface area contributed by atoms with Crippen LogP contribution in [0.15, 0.2) is 25.3 Å². The predicted molar refractivity (Wildman–Crippen MR) is 144 cm³/mol. The molecule has 0 aromatic carbocycles. The maximum atomic E-state index is 14.3. The minimum absolute atomic E-state index is 0.0143. The average molecular weight is 518 g/mol. The molecular weight excluding hydrogens is 470 g/mol. The molecule has 3 aliphatic rings. The zero-order valence-corrected chi connectivity index (χ0v) is 23.3. The summed E-state index contributed by atoms with van der Waals surface area (Å²) in [5, 5.41) is 9.37. The first-order valence-electron chi connectivity index (χ1n) is 14.1. The fourth-order valence-corrected chi connectivity index (χ4v) is 6.99. The van der Waals surface area contributed by atoms with Gasteiger partial charge in [-0.1, -0.05) is 32.4 Å². The van der Waals surface area contributed by atoms with Crippen LogP contribution in [0.25, 0.3) is 0 Å². The second-order valence-electron chi connectivity index (χ2n) is 11.2. The smallest absolute Gasteiger partial charge is 0.248 e. The number of ether oxygens (including phenoxy) is 1. The maximum absolute atomic E-state index is 14.3. The fourth-order valence-electron chi connectivity index (χ4n) is 6.99. The zero-order valence-electron chi connectivity index (χ0n) is 23.3. The van der Waals surface area contributed by atoms with Crippen molar-refractivity contribution in [1.82, 2.24) is 14.7 Å². The summed E-state index contributed by atoms with van der Waals surface area (Å²) >= 11 is 0. The maximum Gasteiger partial charge on any atom is 0.248 e. The highest BCUT2D eigenvalue weighted by Gasteiger charge is 2.78. The van der Waals surface area contributed by atoms with Crippen molar-refractivity contribution in [3.05, 3.63) is 25.3 Å². The average Bonchev–Trinajstić information content (AvgIpc) is 3.42. The van der Waals surface area contributed by atoms with Crippen molar-refractivity contribution in [2.75, 3.05) is 32.8 Å². The largest absolute Gasteiger partial charge is 0.396 e. The lowest BCUT2D eigenvalue weighted by Crippen LogP contribution is -2.58. The molecule has 0 aliphatic carbocycles. The van der Waals surface area contributed by atoms with E-state index in [0.29, 0.717) is 51.9 Å². The van der Waals surface area contributed by atoms with Crippen LogP contribution in [-0.4, -0.2) is 93.6 Å². The molecule has 3 amide bonds. The molecule has 208 valence electrons. The molecule has 6 atom stereocenters.